The van der Waals surface area contributed by atoms with Gasteiger partial charge in [-0.25, -0.2) is 9.07 Å². The Kier molecular flexibility index (Phi) is 4.27. The van der Waals surface area contributed by atoms with Gasteiger partial charge in [-0.1, -0.05) is 11.3 Å². The van der Waals surface area contributed by atoms with Gasteiger partial charge in [-0.05, 0) is 24.6 Å². The monoisotopic (exact) mass is 292 g/mol. The van der Waals surface area contributed by atoms with E-state index in [4.69, 9.17) is 5.11 Å². The molecule has 0 fully saturated rings. The third-order valence-corrected chi connectivity index (χ3v) is 2.76. The molecule has 110 valence electrons. The number of carboxylic acid groups (broad SMARTS) is 1. The van der Waals surface area contributed by atoms with Crippen LogP contribution >= 0.6 is 0 Å². The lowest BCUT2D eigenvalue weighted by Gasteiger charge is -2.06. The zero-order valence-electron chi connectivity index (χ0n) is 11.2. The van der Waals surface area contributed by atoms with Crippen molar-refractivity contribution in [3.8, 4) is 0 Å². The van der Waals surface area contributed by atoms with E-state index in [1.54, 1.807) is 6.92 Å². The van der Waals surface area contributed by atoms with Crippen LogP contribution in [0.1, 0.15) is 21.6 Å². The maximum Gasteiger partial charge on any atom is 0.325 e. The van der Waals surface area contributed by atoms with Gasteiger partial charge >= 0.3 is 5.97 Å². The number of carboxylic acids is 1. The molecule has 1 aromatic carbocycles. The molecule has 1 aromatic heterocycles. The molecule has 0 saturated carbocycles. The van der Waals surface area contributed by atoms with Crippen molar-refractivity contribution < 1.29 is 19.1 Å². The molecule has 0 unspecified atom stereocenters. The van der Waals surface area contributed by atoms with E-state index in [1.807, 2.05) is 0 Å². The standard InChI is InChI=1S/C13H13FN4O3/c1-8-2-3-9(14)4-11(8)13(21)15-5-10-6-18(17-16-10)7-12(19)20/h2-4,6H,5,7H2,1H3,(H,15,21)(H,19,20). The average Bonchev–Trinajstić information content (AvgIpc) is 2.85. The predicted octanol–water partition coefficient (Wildman–Crippen LogP) is 0.740. The van der Waals surface area contributed by atoms with Gasteiger partial charge in [-0.15, -0.1) is 5.10 Å². The summed E-state index contributed by atoms with van der Waals surface area (Å²) in [7, 11) is 0. The first-order chi connectivity index (χ1) is 9.95. The zero-order valence-corrected chi connectivity index (χ0v) is 11.2. The molecule has 1 heterocycles. The highest BCUT2D eigenvalue weighted by Gasteiger charge is 2.11. The quantitative estimate of drug-likeness (QED) is 0.847. The molecule has 0 radical (unpaired) electrons. The molecule has 0 aliphatic heterocycles. The molecule has 21 heavy (non-hydrogen) atoms. The topological polar surface area (TPSA) is 97.1 Å². The van der Waals surface area contributed by atoms with Gasteiger partial charge in [0, 0.05) is 5.56 Å². The highest BCUT2D eigenvalue weighted by molar-refractivity contribution is 5.95. The fourth-order valence-electron chi connectivity index (χ4n) is 1.74. The number of benzene rings is 1. The number of nitrogens with zero attached hydrogens (tertiary/aromatic N) is 3. The summed E-state index contributed by atoms with van der Waals surface area (Å²) in [5.74, 6) is -1.95. The Bertz CT molecular complexity index is 684. The third kappa shape index (κ3) is 3.85. The average molecular weight is 292 g/mol. The highest BCUT2D eigenvalue weighted by atomic mass is 19.1. The van der Waals surface area contributed by atoms with E-state index in [1.165, 1.54) is 18.3 Å². The Labute approximate surface area is 119 Å². The van der Waals surface area contributed by atoms with Gasteiger partial charge < -0.3 is 10.4 Å². The van der Waals surface area contributed by atoms with E-state index in [9.17, 15) is 14.0 Å². The molecular formula is C13H13FN4O3. The van der Waals surface area contributed by atoms with E-state index in [0.29, 0.717) is 11.3 Å². The molecule has 0 aliphatic rings. The van der Waals surface area contributed by atoms with E-state index >= 15 is 0 Å². The maximum atomic E-state index is 13.1. The molecule has 0 bridgehead atoms. The molecule has 0 atom stereocenters. The second-order valence-electron chi connectivity index (χ2n) is 4.44. The van der Waals surface area contributed by atoms with Crippen molar-refractivity contribution in [3.05, 3.63) is 47.0 Å². The predicted molar refractivity (Wildman–Crippen MR) is 70.0 cm³/mol. The van der Waals surface area contributed by atoms with Crippen molar-refractivity contribution in [2.24, 2.45) is 0 Å². The summed E-state index contributed by atoms with van der Waals surface area (Å²) in [5, 5.41) is 18.5. The summed E-state index contributed by atoms with van der Waals surface area (Å²) in [6.45, 7) is 1.48. The SMILES string of the molecule is Cc1ccc(F)cc1C(=O)NCc1cn(CC(=O)O)nn1. The first-order valence-corrected chi connectivity index (χ1v) is 6.11. The number of carbonyl (C=O) groups excluding carboxylic acids is 1. The number of hydrogen-bond donors (Lipinski definition) is 2. The minimum absolute atomic E-state index is 0.0778. The number of aryl methyl sites for hydroxylation is 1. The molecule has 2 aromatic rings. The Balaban J connectivity index is 1.99. The molecule has 7 nitrogen and oxygen atoms in total. The van der Waals surface area contributed by atoms with Crippen LogP contribution in [-0.2, 0) is 17.9 Å². The second kappa shape index (κ2) is 6.12. The first-order valence-electron chi connectivity index (χ1n) is 6.11. The van der Waals surface area contributed by atoms with Crippen LogP contribution in [0.15, 0.2) is 24.4 Å². The van der Waals surface area contributed by atoms with Crippen LogP contribution in [0, 0.1) is 12.7 Å². The van der Waals surface area contributed by atoms with Crippen molar-refractivity contribution in [1.82, 2.24) is 20.3 Å². The molecule has 1 amide bonds. The van der Waals surface area contributed by atoms with Crippen molar-refractivity contribution >= 4 is 11.9 Å². The van der Waals surface area contributed by atoms with Gasteiger partial charge in [-0.3, -0.25) is 9.59 Å². The van der Waals surface area contributed by atoms with E-state index in [0.717, 1.165) is 10.7 Å². The lowest BCUT2D eigenvalue weighted by Crippen LogP contribution is -2.24. The summed E-state index contributed by atoms with van der Waals surface area (Å²) in [4.78, 5) is 22.5. The summed E-state index contributed by atoms with van der Waals surface area (Å²) in [5.41, 5.74) is 1.31. The van der Waals surface area contributed by atoms with E-state index in [-0.39, 0.29) is 18.7 Å². The summed E-state index contributed by atoms with van der Waals surface area (Å²) >= 11 is 0. The van der Waals surface area contributed by atoms with Gasteiger partial charge in [-0.2, -0.15) is 0 Å². The number of halogens is 1. The van der Waals surface area contributed by atoms with Crippen LogP contribution in [0.25, 0.3) is 0 Å². The largest absolute Gasteiger partial charge is 0.480 e. The molecular weight excluding hydrogens is 279 g/mol. The summed E-state index contributed by atoms with van der Waals surface area (Å²) in [6.07, 6.45) is 1.42. The van der Waals surface area contributed by atoms with Crippen LogP contribution in [0.3, 0.4) is 0 Å². The Hall–Kier alpha value is -2.77. The third-order valence-electron chi connectivity index (χ3n) is 2.76. The number of amides is 1. The Morgan fingerprint density at radius 2 is 2.19 bits per heavy atom. The zero-order chi connectivity index (χ0) is 15.4. The van der Waals surface area contributed by atoms with Crippen LogP contribution < -0.4 is 5.32 Å². The molecule has 2 rings (SSSR count). The number of carbonyl (C=O) groups is 2. The summed E-state index contributed by atoms with van der Waals surface area (Å²) < 4.78 is 14.3. The summed E-state index contributed by atoms with van der Waals surface area (Å²) in [6, 6.07) is 3.96. The molecule has 8 heteroatoms. The van der Waals surface area contributed by atoms with Crippen LogP contribution in [-0.4, -0.2) is 32.0 Å². The number of rotatable bonds is 5. The first kappa shape index (κ1) is 14.6. The number of hydrogen-bond acceptors (Lipinski definition) is 4. The van der Waals surface area contributed by atoms with E-state index in [2.05, 4.69) is 15.6 Å². The number of aliphatic carboxylic acids is 1. The fraction of sp³-hybridized carbons (Fsp3) is 0.231. The van der Waals surface area contributed by atoms with E-state index < -0.39 is 17.7 Å². The van der Waals surface area contributed by atoms with Crippen molar-refractivity contribution in [2.45, 2.75) is 20.0 Å². The van der Waals surface area contributed by atoms with Gasteiger partial charge in [0.25, 0.3) is 5.91 Å². The Morgan fingerprint density at radius 3 is 2.90 bits per heavy atom. The number of nitrogens with one attached hydrogen (secondary N) is 1. The molecule has 0 aliphatic carbocycles. The van der Waals surface area contributed by atoms with Crippen LogP contribution in [0.4, 0.5) is 4.39 Å². The molecule has 2 N–H and O–H groups in total. The van der Waals surface area contributed by atoms with Gasteiger partial charge in [0.1, 0.15) is 18.1 Å². The highest BCUT2D eigenvalue weighted by Crippen LogP contribution is 2.10. The minimum Gasteiger partial charge on any atom is -0.480 e. The van der Waals surface area contributed by atoms with Crippen molar-refractivity contribution in [2.75, 3.05) is 0 Å². The molecule has 0 saturated heterocycles. The van der Waals surface area contributed by atoms with Gasteiger partial charge in [0.15, 0.2) is 0 Å². The normalized spacial score (nSPS) is 10.4. The fourth-order valence-corrected chi connectivity index (χ4v) is 1.74. The van der Waals surface area contributed by atoms with Gasteiger partial charge in [0.05, 0.1) is 12.7 Å². The van der Waals surface area contributed by atoms with Crippen LogP contribution in [0.5, 0.6) is 0 Å². The second-order valence-corrected chi connectivity index (χ2v) is 4.44. The van der Waals surface area contributed by atoms with Crippen molar-refractivity contribution in [1.29, 1.82) is 0 Å². The number of aromatic nitrogens is 3. The Morgan fingerprint density at radius 1 is 1.43 bits per heavy atom. The lowest BCUT2D eigenvalue weighted by atomic mass is 10.1. The maximum absolute atomic E-state index is 13.1. The van der Waals surface area contributed by atoms with Crippen molar-refractivity contribution in [3.63, 3.8) is 0 Å². The smallest absolute Gasteiger partial charge is 0.325 e. The lowest BCUT2D eigenvalue weighted by molar-refractivity contribution is -0.137. The molecule has 0 spiro atoms. The van der Waals surface area contributed by atoms with Crippen LogP contribution in [0.2, 0.25) is 0 Å². The minimum atomic E-state index is -1.04. The van der Waals surface area contributed by atoms with Gasteiger partial charge in [0.2, 0.25) is 0 Å².